The molecule has 0 saturated carbocycles. The number of aromatic hydroxyl groups is 1. The Morgan fingerprint density at radius 2 is 1.80 bits per heavy atom. The molecule has 0 fully saturated rings. The molecule has 1 atom stereocenters. The summed E-state index contributed by atoms with van der Waals surface area (Å²) in [7, 11) is 4.28. The second-order valence-electron chi connectivity index (χ2n) is 4.89. The van der Waals surface area contributed by atoms with Crippen molar-refractivity contribution in [2.75, 3.05) is 14.1 Å². The predicted octanol–water partition coefficient (Wildman–Crippen LogP) is 4.99. The fourth-order valence-electron chi connectivity index (χ4n) is 1.39. The summed E-state index contributed by atoms with van der Waals surface area (Å²) in [5, 5.41) is 8.77. The van der Waals surface area contributed by atoms with Gasteiger partial charge in [0, 0.05) is 6.04 Å². The molecule has 3 heteroatoms. The van der Waals surface area contributed by atoms with E-state index in [1.165, 1.54) is 37.5 Å². The van der Waals surface area contributed by atoms with E-state index in [1.54, 1.807) is 6.92 Å². The number of aryl methyl sites for hydroxylation is 1. The van der Waals surface area contributed by atoms with Crippen LogP contribution >= 0.6 is 0 Å². The molecule has 0 unspecified atom stereocenters. The van der Waals surface area contributed by atoms with Crippen molar-refractivity contribution in [1.29, 1.82) is 0 Å². The molecule has 0 heterocycles. The lowest BCUT2D eigenvalue weighted by Gasteiger charge is -2.18. The summed E-state index contributed by atoms with van der Waals surface area (Å²) in [5.74, 6) is -0.179. The number of unbranched alkanes of at least 4 members (excludes halogenated alkanes) is 1. The lowest BCUT2D eigenvalue weighted by molar-refractivity contribution is 0.293. The highest BCUT2D eigenvalue weighted by molar-refractivity contribution is 5.27. The molecule has 0 spiro atoms. The van der Waals surface area contributed by atoms with Crippen LogP contribution in [0.15, 0.2) is 18.2 Å². The highest BCUT2D eigenvalue weighted by Gasteiger charge is 2.01. The van der Waals surface area contributed by atoms with Gasteiger partial charge in [-0.25, -0.2) is 4.39 Å². The first-order valence-corrected chi connectivity index (χ1v) is 7.50. The van der Waals surface area contributed by atoms with Gasteiger partial charge in [0.15, 0.2) is 0 Å². The predicted molar refractivity (Wildman–Crippen MR) is 86.8 cm³/mol. The van der Waals surface area contributed by atoms with Crippen LogP contribution in [0.5, 0.6) is 5.75 Å². The van der Waals surface area contributed by atoms with Gasteiger partial charge >= 0.3 is 0 Å². The average molecular weight is 285 g/mol. The van der Waals surface area contributed by atoms with Gasteiger partial charge in [0.1, 0.15) is 11.6 Å². The maximum atomic E-state index is 12.4. The van der Waals surface area contributed by atoms with Crippen LogP contribution in [0.3, 0.4) is 0 Å². The number of hydrogen-bond donors (Lipinski definition) is 1. The van der Waals surface area contributed by atoms with Gasteiger partial charge in [-0.2, -0.15) is 0 Å². The van der Waals surface area contributed by atoms with Gasteiger partial charge in [-0.1, -0.05) is 33.6 Å². The van der Waals surface area contributed by atoms with Gasteiger partial charge in [0.25, 0.3) is 0 Å². The van der Waals surface area contributed by atoms with Crippen molar-refractivity contribution in [2.24, 2.45) is 0 Å². The van der Waals surface area contributed by atoms with Crippen LogP contribution in [-0.4, -0.2) is 30.1 Å². The molecule has 1 aromatic carbocycles. The number of benzene rings is 1. The number of phenols is 1. The summed E-state index contributed by atoms with van der Waals surface area (Å²) in [4.78, 5) is 2.27. The molecule has 0 aliphatic carbocycles. The smallest absolute Gasteiger partial charge is 0.126 e. The maximum Gasteiger partial charge on any atom is 0.126 e. The highest BCUT2D eigenvalue weighted by Crippen LogP contribution is 2.13. The van der Waals surface area contributed by atoms with Crippen LogP contribution < -0.4 is 0 Å². The second kappa shape index (κ2) is 12.9. The molecule has 2 nitrogen and oxygen atoms in total. The number of phenolic OH excluding ortho intramolecular Hbond substituents is 1. The molecule has 0 aromatic heterocycles. The number of halogens is 1. The number of nitrogens with zero attached hydrogens (tertiary/aromatic N) is 1. The lowest BCUT2D eigenvalue weighted by Crippen LogP contribution is -2.24. The third-order valence-electron chi connectivity index (χ3n) is 3.00. The summed E-state index contributed by atoms with van der Waals surface area (Å²) in [5.41, 5.74) is 0.468. The van der Waals surface area contributed by atoms with E-state index >= 15 is 0 Å². The van der Waals surface area contributed by atoms with Gasteiger partial charge in [-0.05, 0) is 58.1 Å². The topological polar surface area (TPSA) is 23.5 Å². The van der Waals surface area contributed by atoms with E-state index in [0.717, 1.165) is 6.04 Å². The van der Waals surface area contributed by atoms with Gasteiger partial charge < -0.3 is 10.0 Å². The molecule has 20 heavy (non-hydrogen) atoms. The van der Waals surface area contributed by atoms with Crippen LogP contribution in [0.25, 0.3) is 0 Å². The van der Waals surface area contributed by atoms with Gasteiger partial charge in [-0.3, -0.25) is 0 Å². The fourth-order valence-corrected chi connectivity index (χ4v) is 1.39. The van der Waals surface area contributed by atoms with Crippen molar-refractivity contribution in [1.82, 2.24) is 4.90 Å². The molecule has 0 aliphatic rings. The first-order chi connectivity index (χ1) is 9.38. The number of hydrogen-bond acceptors (Lipinski definition) is 2. The molecular formula is C17H32FNO. The molecular weight excluding hydrogens is 253 g/mol. The molecule has 0 saturated heterocycles. The largest absolute Gasteiger partial charge is 0.508 e. The van der Waals surface area contributed by atoms with Gasteiger partial charge in [0.2, 0.25) is 0 Å². The fraction of sp³-hybridized carbons (Fsp3) is 0.647. The number of rotatable bonds is 4. The van der Waals surface area contributed by atoms with E-state index in [0.29, 0.717) is 5.56 Å². The molecule has 0 aliphatic heterocycles. The Hall–Kier alpha value is -1.09. The van der Waals surface area contributed by atoms with Crippen LogP contribution in [0.2, 0.25) is 0 Å². The van der Waals surface area contributed by atoms with Crippen LogP contribution in [-0.2, 0) is 0 Å². The van der Waals surface area contributed by atoms with Crippen molar-refractivity contribution in [3.8, 4) is 5.75 Å². The quantitative estimate of drug-likeness (QED) is 0.842. The Labute approximate surface area is 124 Å². The summed E-state index contributed by atoms with van der Waals surface area (Å²) in [6.45, 7) is 10.1. The molecule has 1 N–H and O–H groups in total. The molecule has 0 radical (unpaired) electrons. The van der Waals surface area contributed by atoms with E-state index in [9.17, 15) is 4.39 Å². The Kier molecular flexibility index (Phi) is 13.7. The van der Waals surface area contributed by atoms with Crippen molar-refractivity contribution < 1.29 is 9.50 Å². The van der Waals surface area contributed by atoms with Crippen molar-refractivity contribution in [2.45, 2.75) is 59.9 Å². The third kappa shape index (κ3) is 10.8. The molecule has 0 bridgehead atoms. The zero-order valence-corrected chi connectivity index (χ0v) is 14.2. The van der Waals surface area contributed by atoms with E-state index in [-0.39, 0.29) is 11.6 Å². The van der Waals surface area contributed by atoms with Crippen LogP contribution in [0.1, 0.15) is 52.5 Å². The Morgan fingerprint density at radius 1 is 1.25 bits per heavy atom. The SMILES string of the molecule is CC.CCCC[C@H](C)N(C)C.Cc1cc(O)ccc1F. The zero-order chi connectivity index (χ0) is 16.1. The monoisotopic (exact) mass is 285 g/mol. The molecule has 118 valence electrons. The highest BCUT2D eigenvalue weighted by atomic mass is 19.1. The summed E-state index contributed by atoms with van der Waals surface area (Å²) in [6, 6.07) is 4.70. The molecule has 0 amide bonds. The van der Waals surface area contributed by atoms with E-state index in [1.807, 2.05) is 13.8 Å². The molecule has 1 aromatic rings. The normalized spacial score (nSPS) is 11.1. The van der Waals surface area contributed by atoms with Crippen LogP contribution in [0, 0.1) is 12.7 Å². The van der Waals surface area contributed by atoms with E-state index < -0.39 is 0 Å². The Morgan fingerprint density at radius 3 is 2.15 bits per heavy atom. The zero-order valence-electron chi connectivity index (χ0n) is 14.2. The summed E-state index contributed by atoms with van der Waals surface area (Å²) in [6.07, 6.45) is 4.01. The second-order valence-corrected chi connectivity index (χ2v) is 4.89. The van der Waals surface area contributed by atoms with Crippen molar-refractivity contribution in [3.63, 3.8) is 0 Å². The first-order valence-electron chi connectivity index (χ1n) is 7.50. The van der Waals surface area contributed by atoms with Crippen LogP contribution in [0.4, 0.5) is 4.39 Å². The minimum Gasteiger partial charge on any atom is -0.508 e. The minimum absolute atomic E-state index is 0.105. The lowest BCUT2D eigenvalue weighted by atomic mass is 10.1. The van der Waals surface area contributed by atoms with Crippen molar-refractivity contribution >= 4 is 0 Å². The van der Waals surface area contributed by atoms with E-state index in [2.05, 4.69) is 32.8 Å². The Bertz CT molecular complexity index is 340. The maximum absolute atomic E-state index is 12.4. The Balaban J connectivity index is 0. The minimum atomic E-state index is -0.284. The van der Waals surface area contributed by atoms with Gasteiger partial charge in [0.05, 0.1) is 0 Å². The van der Waals surface area contributed by atoms with E-state index in [4.69, 9.17) is 5.11 Å². The molecule has 1 rings (SSSR count). The van der Waals surface area contributed by atoms with Crippen molar-refractivity contribution in [3.05, 3.63) is 29.6 Å². The third-order valence-corrected chi connectivity index (χ3v) is 3.00. The standard InChI is InChI=1S/C8H19N.C7H7FO.C2H6/c1-5-6-7-8(2)9(3)4;1-5-4-6(9)2-3-7(5)8;1-2/h8H,5-7H2,1-4H3;2-4,9H,1H3;1-2H3/t8-;;/m0../s1. The van der Waals surface area contributed by atoms with Gasteiger partial charge in [-0.15, -0.1) is 0 Å². The summed E-state index contributed by atoms with van der Waals surface area (Å²) < 4.78 is 12.4. The first kappa shape index (κ1) is 21.2. The average Bonchev–Trinajstić information content (AvgIpc) is 2.43. The summed E-state index contributed by atoms with van der Waals surface area (Å²) >= 11 is 0.